The smallest absolute Gasteiger partial charge is 0.180 e. The van der Waals surface area contributed by atoms with Gasteiger partial charge in [0.25, 0.3) is 0 Å². The highest BCUT2D eigenvalue weighted by molar-refractivity contribution is 5.75. The maximum absolute atomic E-state index is 6.60. The Labute approximate surface area is 207 Å². The van der Waals surface area contributed by atoms with E-state index in [0.29, 0.717) is 26.4 Å². The number of benzene rings is 3. The number of rotatable bonds is 10. The van der Waals surface area contributed by atoms with Crippen LogP contribution in [-0.4, -0.2) is 36.9 Å². The Morgan fingerprint density at radius 3 is 1.80 bits per heavy atom. The van der Waals surface area contributed by atoms with Crippen molar-refractivity contribution >= 4 is 5.90 Å². The topological polar surface area (TPSA) is 49.3 Å². The van der Waals surface area contributed by atoms with Crippen LogP contribution in [0.15, 0.2) is 96.0 Å². The number of hydrogen-bond donors (Lipinski definition) is 0. The molecule has 1 fully saturated rings. The molecule has 5 atom stereocenters. The predicted octanol–water partition coefficient (Wildman–Crippen LogP) is 5.58. The van der Waals surface area contributed by atoms with E-state index < -0.39 is 0 Å². The van der Waals surface area contributed by atoms with Crippen LogP contribution < -0.4 is 0 Å². The summed E-state index contributed by atoms with van der Waals surface area (Å²) >= 11 is 0. The molecule has 1 aliphatic heterocycles. The largest absolute Gasteiger partial charge is 0.476 e. The molecular formula is C30H33NO4. The zero-order valence-corrected chi connectivity index (χ0v) is 20.2. The summed E-state index contributed by atoms with van der Waals surface area (Å²) in [6.45, 7) is 4.10. The standard InChI is InChI=1S/C30H33NO4/c1-22-31-28-27(35-22)17-26(21-32-18-23-11-5-2-6-12-23)29(33-19-24-13-7-3-8-14-24)30(28)34-20-25-15-9-4-10-16-25/h2-16,26-30H,17-21H2,1H3/t26-,27+,28-,29-,30-/m1/s1. The average molecular weight is 472 g/mol. The van der Waals surface area contributed by atoms with Crippen LogP contribution in [-0.2, 0) is 38.8 Å². The normalized spacial score (nSPS) is 25.5. The summed E-state index contributed by atoms with van der Waals surface area (Å²) in [4.78, 5) is 4.82. The maximum atomic E-state index is 6.60. The Balaban J connectivity index is 1.34. The van der Waals surface area contributed by atoms with Gasteiger partial charge in [-0.1, -0.05) is 91.0 Å². The van der Waals surface area contributed by atoms with Crippen LogP contribution in [0.25, 0.3) is 0 Å². The second-order valence-electron chi connectivity index (χ2n) is 9.31. The molecule has 5 nitrogen and oxygen atoms in total. The van der Waals surface area contributed by atoms with Gasteiger partial charge < -0.3 is 18.9 Å². The summed E-state index contributed by atoms with van der Waals surface area (Å²) in [5.41, 5.74) is 3.44. The predicted molar refractivity (Wildman–Crippen MR) is 136 cm³/mol. The number of nitrogens with zero attached hydrogens (tertiary/aromatic N) is 1. The fourth-order valence-electron chi connectivity index (χ4n) is 5.00. The van der Waals surface area contributed by atoms with Crippen molar-refractivity contribution in [1.82, 2.24) is 0 Å². The van der Waals surface area contributed by atoms with Gasteiger partial charge in [-0.15, -0.1) is 0 Å². The second kappa shape index (κ2) is 11.6. The van der Waals surface area contributed by atoms with E-state index in [1.165, 1.54) is 0 Å². The summed E-state index contributed by atoms with van der Waals surface area (Å²) in [5.74, 6) is 0.853. The van der Waals surface area contributed by atoms with Crippen molar-refractivity contribution in [3.63, 3.8) is 0 Å². The molecule has 0 unspecified atom stereocenters. The molecule has 3 aromatic carbocycles. The minimum Gasteiger partial charge on any atom is -0.476 e. The monoisotopic (exact) mass is 471 g/mol. The molecule has 0 saturated heterocycles. The van der Waals surface area contributed by atoms with Gasteiger partial charge in [0.05, 0.1) is 32.5 Å². The first kappa shape index (κ1) is 23.7. The molecule has 2 aliphatic rings. The van der Waals surface area contributed by atoms with Crippen LogP contribution in [0.1, 0.15) is 30.0 Å². The molecule has 1 saturated carbocycles. The number of aliphatic imine (C=N–C) groups is 1. The van der Waals surface area contributed by atoms with Crippen molar-refractivity contribution < 1.29 is 18.9 Å². The van der Waals surface area contributed by atoms with Gasteiger partial charge in [-0.25, -0.2) is 4.99 Å². The molecule has 5 heteroatoms. The van der Waals surface area contributed by atoms with E-state index in [2.05, 4.69) is 36.4 Å². The van der Waals surface area contributed by atoms with Crippen LogP contribution in [0, 0.1) is 5.92 Å². The lowest BCUT2D eigenvalue weighted by Crippen LogP contribution is -2.55. The Kier molecular flexibility index (Phi) is 7.89. The van der Waals surface area contributed by atoms with E-state index in [4.69, 9.17) is 23.9 Å². The summed E-state index contributed by atoms with van der Waals surface area (Å²) in [6, 6.07) is 30.7. The summed E-state index contributed by atoms with van der Waals surface area (Å²) in [5, 5.41) is 0. The van der Waals surface area contributed by atoms with E-state index >= 15 is 0 Å². The Hall–Kier alpha value is -2.99. The third-order valence-electron chi connectivity index (χ3n) is 6.71. The van der Waals surface area contributed by atoms with E-state index in [-0.39, 0.29) is 30.3 Å². The van der Waals surface area contributed by atoms with Crippen LogP contribution in [0.5, 0.6) is 0 Å². The van der Waals surface area contributed by atoms with Gasteiger partial charge in [0.1, 0.15) is 18.2 Å². The molecular weight excluding hydrogens is 438 g/mol. The molecule has 1 aliphatic carbocycles. The molecule has 0 aromatic heterocycles. The molecule has 0 amide bonds. The van der Waals surface area contributed by atoms with Crippen LogP contribution in [0.2, 0.25) is 0 Å². The maximum Gasteiger partial charge on any atom is 0.180 e. The summed E-state index contributed by atoms with van der Waals surface area (Å²) in [6.07, 6.45) is 0.428. The van der Waals surface area contributed by atoms with Crippen molar-refractivity contribution in [2.45, 2.75) is 57.5 Å². The van der Waals surface area contributed by atoms with Crippen LogP contribution in [0.4, 0.5) is 0 Å². The van der Waals surface area contributed by atoms with E-state index in [0.717, 1.165) is 29.0 Å². The van der Waals surface area contributed by atoms with Gasteiger partial charge in [0, 0.05) is 12.8 Å². The van der Waals surface area contributed by atoms with Gasteiger partial charge >= 0.3 is 0 Å². The average Bonchev–Trinajstić information content (AvgIpc) is 3.28. The molecule has 0 radical (unpaired) electrons. The van der Waals surface area contributed by atoms with Crippen LogP contribution >= 0.6 is 0 Å². The molecule has 1 heterocycles. The number of hydrogen-bond acceptors (Lipinski definition) is 5. The van der Waals surface area contributed by atoms with Crippen molar-refractivity contribution in [1.29, 1.82) is 0 Å². The molecule has 0 bridgehead atoms. The first-order chi connectivity index (χ1) is 17.3. The highest BCUT2D eigenvalue weighted by Crippen LogP contribution is 2.37. The van der Waals surface area contributed by atoms with Gasteiger partial charge in [-0.3, -0.25) is 0 Å². The van der Waals surface area contributed by atoms with Crippen LogP contribution in [0.3, 0.4) is 0 Å². The highest BCUT2D eigenvalue weighted by Gasteiger charge is 2.50. The molecule has 0 N–H and O–H groups in total. The third-order valence-corrected chi connectivity index (χ3v) is 6.71. The molecule has 0 spiro atoms. The Bertz CT molecular complexity index is 1070. The summed E-state index contributed by atoms with van der Waals surface area (Å²) < 4.78 is 25.5. The van der Waals surface area contributed by atoms with Gasteiger partial charge in [-0.05, 0) is 23.1 Å². The first-order valence-electron chi connectivity index (χ1n) is 12.4. The minimum atomic E-state index is -0.222. The summed E-state index contributed by atoms with van der Waals surface area (Å²) in [7, 11) is 0. The fourth-order valence-corrected chi connectivity index (χ4v) is 5.00. The second-order valence-corrected chi connectivity index (χ2v) is 9.31. The van der Waals surface area contributed by atoms with Crippen molar-refractivity contribution in [2.24, 2.45) is 10.9 Å². The lowest BCUT2D eigenvalue weighted by atomic mass is 9.79. The highest BCUT2D eigenvalue weighted by atomic mass is 16.6. The zero-order valence-electron chi connectivity index (χ0n) is 20.2. The third kappa shape index (κ3) is 6.17. The van der Waals surface area contributed by atoms with E-state index in [1.807, 2.05) is 61.5 Å². The van der Waals surface area contributed by atoms with Gasteiger partial charge in [0.15, 0.2) is 5.90 Å². The number of fused-ring (bicyclic) bond motifs is 1. The first-order valence-corrected chi connectivity index (χ1v) is 12.4. The Morgan fingerprint density at radius 2 is 1.23 bits per heavy atom. The number of ether oxygens (including phenoxy) is 4. The van der Waals surface area contributed by atoms with E-state index in [1.54, 1.807) is 0 Å². The van der Waals surface area contributed by atoms with Crippen molar-refractivity contribution in [3.8, 4) is 0 Å². The lowest BCUT2D eigenvalue weighted by Gasteiger charge is -2.42. The molecule has 35 heavy (non-hydrogen) atoms. The van der Waals surface area contributed by atoms with Crippen molar-refractivity contribution in [2.75, 3.05) is 6.61 Å². The lowest BCUT2D eigenvalue weighted by molar-refractivity contribution is -0.162. The molecule has 3 aromatic rings. The van der Waals surface area contributed by atoms with Gasteiger partial charge in [-0.2, -0.15) is 0 Å². The molecule has 5 rings (SSSR count). The Morgan fingerprint density at radius 1 is 0.714 bits per heavy atom. The zero-order chi connectivity index (χ0) is 23.9. The van der Waals surface area contributed by atoms with Gasteiger partial charge in [0.2, 0.25) is 0 Å². The minimum absolute atomic E-state index is 0.0160. The molecule has 182 valence electrons. The fraction of sp³-hybridized carbons (Fsp3) is 0.367. The quantitative estimate of drug-likeness (QED) is 0.387. The van der Waals surface area contributed by atoms with E-state index in [9.17, 15) is 0 Å². The van der Waals surface area contributed by atoms with Crippen molar-refractivity contribution in [3.05, 3.63) is 108 Å². The SMILES string of the molecule is CC1=N[C@H]2[C@@H](OCc3ccccc3)[C@H](OCc3ccccc3)[C@@H](COCc3ccccc3)C[C@@H]2O1.